The Balaban J connectivity index is 0.000000223. The summed E-state index contributed by atoms with van der Waals surface area (Å²) in [6, 6.07) is 56.5. The van der Waals surface area contributed by atoms with Gasteiger partial charge in [-0.25, -0.2) is 26.5 Å². The predicted octanol–water partition coefficient (Wildman–Crippen LogP) is 16.5. The fourth-order valence-corrected chi connectivity index (χ4v) is 12.4. The first-order valence-corrected chi connectivity index (χ1v) is 30.6. The fourth-order valence-electron chi connectivity index (χ4n) is 7.97. The van der Waals surface area contributed by atoms with Gasteiger partial charge in [0.2, 0.25) is 43.2 Å². The van der Waals surface area contributed by atoms with Gasteiger partial charge in [-0.05, 0) is 103 Å². The van der Waals surface area contributed by atoms with Gasteiger partial charge >= 0.3 is 0 Å². The summed E-state index contributed by atoms with van der Waals surface area (Å²) < 4.78 is 56.9. The minimum absolute atomic E-state index is 0.0127. The number of hydrogen-bond acceptors (Lipinski definition) is 7. The van der Waals surface area contributed by atoms with E-state index in [1.54, 1.807) is 82.3 Å². The van der Waals surface area contributed by atoms with Gasteiger partial charge in [-0.3, -0.25) is 9.59 Å². The number of carbonyl (C=O) groups excluding carboxylic acids is 2. The van der Waals surface area contributed by atoms with Gasteiger partial charge in [-0.1, -0.05) is 216 Å². The van der Waals surface area contributed by atoms with E-state index in [1.807, 2.05) is 121 Å². The van der Waals surface area contributed by atoms with Crippen LogP contribution in [0.5, 0.6) is 0 Å². The molecule has 0 bridgehead atoms. The first-order chi connectivity index (χ1) is 39.3. The molecule has 0 atom stereocenters. The second-order valence-electron chi connectivity index (χ2n) is 19.9. The van der Waals surface area contributed by atoms with E-state index in [0.717, 1.165) is 22.3 Å². The van der Waals surface area contributed by atoms with Crippen LogP contribution in [0.1, 0.15) is 55.5 Å². The smallest absolute Gasteiger partial charge is 0.245 e. The molecule has 0 aliphatic heterocycles. The summed E-state index contributed by atoms with van der Waals surface area (Å²) in [7, 11) is -7.85. The monoisotopic (exact) mass is 1290 g/mol. The molecule has 0 aliphatic rings. The highest BCUT2D eigenvalue weighted by molar-refractivity contribution is 9.10. The number of sulfonamides is 2. The van der Waals surface area contributed by atoms with E-state index in [2.05, 4.69) is 36.3 Å². The number of nitrogens with one attached hydrogen (secondary N) is 2. The molecule has 0 heterocycles. The number of hydrogen-bond donors (Lipinski definition) is 3. The molecular formula is C63H58BrCl4N7O6S2. The molecule has 20 heteroatoms. The quantitative estimate of drug-likeness (QED) is 0.0436. The molecule has 0 aromatic heterocycles. The van der Waals surface area contributed by atoms with Crippen LogP contribution in [0.4, 0.5) is 28.4 Å². The van der Waals surface area contributed by atoms with Gasteiger partial charge in [-0.2, -0.15) is 8.61 Å². The second kappa shape index (κ2) is 29.5. The Morgan fingerprint density at radius 2 is 0.831 bits per heavy atom. The van der Waals surface area contributed by atoms with Crippen LogP contribution in [0.25, 0.3) is 9.69 Å². The van der Waals surface area contributed by atoms with E-state index >= 15 is 0 Å². The van der Waals surface area contributed by atoms with Crippen molar-refractivity contribution in [3.8, 4) is 0 Å². The largest absolute Gasteiger partial charge is 0.399 e. The molecule has 13 nitrogen and oxygen atoms in total. The summed E-state index contributed by atoms with van der Waals surface area (Å²) in [5.41, 5.74) is 11.1. The Bertz CT molecular complexity index is 3790. The number of alkyl halides is 1. The molecule has 0 saturated carbocycles. The van der Waals surface area contributed by atoms with E-state index < -0.39 is 29.8 Å². The maximum absolute atomic E-state index is 14.1. The Labute approximate surface area is 514 Å². The third-order valence-electron chi connectivity index (χ3n) is 12.4. The summed E-state index contributed by atoms with van der Waals surface area (Å²) in [6.07, 6.45) is 0.254. The van der Waals surface area contributed by atoms with Gasteiger partial charge in [-0.15, -0.1) is 0 Å². The number of rotatable bonds is 18. The van der Waals surface area contributed by atoms with Crippen LogP contribution >= 0.6 is 62.3 Å². The molecule has 428 valence electrons. The highest BCUT2D eigenvalue weighted by Gasteiger charge is 2.32. The number of benzene rings is 8. The molecule has 0 radical (unpaired) electrons. The van der Waals surface area contributed by atoms with Crippen molar-refractivity contribution in [3.63, 3.8) is 0 Å². The van der Waals surface area contributed by atoms with E-state index in [9.17, 15) is 26.4 Å². The summed E-state index contributed by atoms with van der Waals surface area (Å²) in [5, 5.41) is 6.39. The number of carbonyl (C=O) groups is 2. The number of nitrogens with two attached hydrogens (primary N) is 1. The Hall–Kier alpha value is -7.06. The van der Waals surface area contributed by atoms with Crippen molar-refractivity contribution in [1.29, 1.82) is 0 Å². The van der Waals surface area contributed by atoms with Gasteiger partial charge in [0.15, 0.2) is 0 Å². The van der Waals surface area contributed by atoms with Crippen LogP contribution in [0.15, 0.2) is 204 Å². The van der Waals surface area contributed by atoms with E-state index in [4.69, 9.17) is 65.3 Å². The first kappa shape index (κ1) is 65.1. The fraction of sp³-hybridized carbons (Fsp3) is 0.175. The van der Waals surface area contributed by atoms with Crippen LogP contribution in [-0.4, -0.2) is 41.6 Å². The zero-order chi connectivity index (χ0) is 60.5. The van der Waals surface area contributed by atoms with Crippen molar-refractivity contribution in [1.82, 2.24) is 8.61 Å². The minimum atomic E-state index is -4.02. The van der Waals surface area contributed by atoms with Crippen LogP contribution in [-0.2, 0) is 62.2 Å². The molecule has 0 unspecified atom stereocenters. The van der Waals surface area contributed by atoms with E-state index in [0.29, 0.717) is 39.0 Å². The van der Waals surface area contributed by atoms with Gasteiger partial charge in [0, 0.05) is 58.7 Å². The molecule has 2 amide bonds. The molecule has 0 spiro atoms. The van der Waals surface area contributed by atoms with Crippen LogP contribution < -0.4 is 16.4 Å². The van der Waals surface area contributed by atoms with Gasteiger partial charge in [0.05, 0.1) is 27.5 Å². The minimum Gasteiger partial charge on any atom is -0.399 e. The zero-order valence-electron chi connectivity index (χ0n) is 45.5. The highest BCUT2D eigenvalue weighted by Crippen LogP contribution is 2.35. The van der Waals surface area contributed by atoms with Crippen molar-refractivity contribution in [2.45, 2.75) is 74.4 Å². The summed E-state index contributed by atoms with van der Waals surface area (Å²) in [4.78, 5) is 31.4. The predicted molar refractivity (Wildman–Crippen MR) is 339 cm³/mol. The molecule has 0 saturated heterocycles. The highest BCUT2D eigenvalue weighted by atomic mass is 79.9. The number of nitrogen functional groups attached to an aromatic ring is 1. The lowest BCUT2D eigenvalue weighted by Crippen LogP contribution is -2.33. The standard InChI is InChI=1S/C32H29Cl2N3O3S.C20H19ClN2O2S.C11H10BrClN2O/c1-32(2,31(38)36-26-15-17-29(35-3)28(34)19-26)20-25-14-16-27(33)30(18-25)41(39,40)37(21-23-10-6-4-7-11-23)22-24-12-8-5-9-13-24;21-19-12-11-18(22)13-20(19)26(24,25)23(14-16-7-3-1-4-8-16)15-17-9-5-2-6-10-17;1-11(2,12)10(16)15-7-4-5-9(14-3)8(13)6-7/h4-19H,20-22H2,1-2H3,(H,36,38);1-13H,14-15,22H2;4-6H,1-2H3,(H,15,16). The lowest BCUT2D eigenvalue weighted by Gasteiger charge is -2.26. The SMILES string of the molecule is Nc1ccc(Cl)c(S(=O)(=O)N(Cc2ccccc2)Cc2ccccc2)c1.[C-]#[N+]c1ccc(NC(=O)C(C)(C)Br)cc1Cl.[C-]#[N+]c1ccc(NC(=O)C(C)(C)Cc2ccc(Cl)c(S(=O)(=O)N(Cc3ccccc3)Cc3ccccc3)c2)cc1Cl. The summed E-state index contributed by atoms with van der Waals surface area (Å²) >= 11 is 27.9. The Morgan fingerprint density at radius 1 is 0.482 bits per heavy atom. The van der Waals surface area contributed by atoms with Crippen molar-refractivity contribution >= 4 is 123 Å². The third kappa shape index (κ3) is 18.7. The summed E-state index contributed by atoms with van der Waals surface area (Å²) in [6.45, 7) is 21.8. The van der Waals surface area contributed by atoms with Crippen LogP contribution in [0.2, 0.25) is 20.1 Å². The average molecular weight is 1300 g/mol. The van der Waals surface area contributed by atoms with Crippen molar-refractivity contribution in [3.05, 3.63) is 265 Å². The lowest BCUT2D eigenvalue weighted by atomic mass is 9.84. The molecule has 8 rings (SSSR count). The van der Waals surface area contributed by atoms with Gasteiger partial charge < -0.3 is 16.4 Å². The number of anilines is 3. The number of halogens is 5. The van der Waals surface area contributed by atoms with Crippen molar-refractivity contribution in [2.24, 2.45) is 5.41 Å². The first-order valence-electron chi connectivity index (χ1n) is 25.5. The number of amides is 2. The van der Waals surface area contributed by atoms with Gasteiger partial charge in [0.25, 0.3) is 0 Å². The van der Waals surface area contributed by atoms with Gasteiger partial charge in [0.1, 0.15) is 9.79 Å². The average Bonchev–Trinajstić information content (AvgIpc) is 3.54. The zero-order valence-corrected chi connectivity index (χ0v) is 51.8. The maximum atomic E-state index is 14.1. The second-order valence-corrected chi connectivity index (χ2v) is 27.4. The van der Waals surface area contributed by atoms with Crippen molar-refractivity contribution < 1.29 is 26.4 Å². The van der Waals surface area contributed by atoms with Crippen molar-refractivity contribution in [2.75, 3.05) is 16.4 Å². The topological polar surface area (TPSA) is 168 Å². The van der Waals surface area contributed by atoms with Crippen LogP contribution in [0.3, 0.4) is 0 Å². The molecule has 0 fully saturated rings. The van der Waals surface area contributed by atoms with Crippen LogP contribution in [0, 0.1) is 18.6 Å². The molecule has 4 N–H and O–H groups in total. The number of nitrogens with zero attached hydrogens (tertiary/aromatic N) is 4. The third-order valence-corrected chi connectivity index (χ3v) is 18.0. The van der Waals surface area contributed by atoms with E-state index in [1.165, 1.54) is 26.8 Å². The summed E-state index contributed by atoms with van der Waals surface area (Å²) in [5.74, 6) is -0.447. The normalized spacial score (nSPS) is 11.5. The molecule has 83 heavy (non-hydrogen) atoms. The molecular weight excluding hydrogens is 1240 g/mol. The Morgan fingerprint density at radius 3 is 1.18 bits per heavy atom. The van der Waals surface area contributed by atoms with E-state index in [-0.39, 0.29) is 69.3 Å². The Kier molecular flexibility index (Phi) is 23.1. The maximum Gasteiger partial charge on any atom is 0.245 e. The lowest BCUT2D eigenvalue weighted by molar-refractivity contribution is -0.124. The molecule has 8 aromatic rings. The molecule has 8 aromatic carbocycles. The molecule has 0 aliphatic carbocycles.